The third kappa shape index (κ3) is 3.93. The third-order valence-electron chi connectivity index (χ3n) is 3.18. The van der Waals surface area contributed by atoms with Crippen molar-refractivity contribution in [2.24, 2.45) is 0 Å². The van der Waals surface area contributed by atoms with Crippen LogP contribution >= 0.6 is 11.6 Å². The van der Waals surface area contributed by atoms with Gasteiger partial charge in [0, 0.05) is 10.6 Å². The van der Waals surface area contributed by atoms with Crippen LogP contribution in [0.5, 0.6) is 0 Å². The third-order valence-corrected chi connectivity index (χ3v) is 5.06. The fourth-order valence-electron chi connectivity index (χ4n) is 1.91. The molecule has 3 nitrogen and oxygen atoms in total. The van der Waals surface area contributed by atoms with Crippen molar-refractivity contribution < 1.29 is 13.2 Å². The largest absolute Gasteiger partial charge is 0.293 e. The molecule has 0 saturated carbocycles. The number of halogens is 1. The molecule has 0 N–H and O–H groups in total. The maximum atomic E-state index is 12.2. The summed E-state index contributed by atoms with van der Waals surface area (Å²) in [5.41, 5.74) is 1.51. The van der Waals surface area contributed by atoms with Gasteiger partial charge in [-0.2, -0.15) is 0 Å². The predicted molar refractivity (Wildman–Crippen MR) is 83.7 cm³/mol. The Kier molecular flexibility index (Phi) is 4.80. The number of Topliss-reactive ketones (excluding diaryl/α,β-unsaturated/α-hetero) is 1. The van der Waals surface area contributed by atoms with Crippen molar-refractivity contribution in [3.8, 4) is 0 Å². The molecule has 0 amide bonds. The molecule has 110 valence electrons. The van der Waals surface area contributed by atoms with E-state index in [1.807, 2.05) is 19.1 Å². The maximum Gasteiger partial charge on any atom is 0.185 e. The summed E-state index contributed by atoms with van der Waals surface area (Å²) in [4.78, 5) is 12.2. The highest BCUT2D eigenvalue weighted by molar-refractivity contribution is 7.92. The smallest absolute Gasteiger partial charge is 0.185 e. The first kappa shape index (κ1) is 15.7. The second-order valence-electron chi connectivity index (χ2n) is 4.69. The SMILES string of the molecule is CCc1ccc(C(=O)CS(=O)(=O)c2ccc(Cl)cc2)cc1. The Morgan fingerprint density at radius 3 is 2.10 bits per heavy atom. The molecule has 0 aliphatic heterocycles. The molecule has 5 heteroatoms. The number of rotatable bonds is 5. The van der Waals surface area contributed by atoms with Crippen molar-refractivity contribution in [2.75, 3.05) is 5.75 Å². The van der Waals surface area contributed by atoms with Crippen molar-refractivity contribution in [1.82, 2.24) is 0 Å². The fourth-order valence-corrected chi connectivity index (χ4v) is 3.26. The van der Waals surface area contributed by atoms with Gasteiger partial charge in [0.2, 0.25) is 0 Å². The fraction of sp³-hybridized carbons (Fsp3) is 0.188. The maximum absolute atomic E-state index is 12.2. The summed E-state index contributed by atoms with van der Waals surface area (Å²) in [5.74, 6) is -0.951. The van der Waals surface area contributed by atoms with E-state index < -0.39 is 21.4 Å². The van der Waals surface area contributed by atoms with Gasteiger partial charge in [-0.1, -0.05) is 42.8 Å². The monoisotopic (exact) mass is 322 g/mol. The summed E-state index contributed by atoms with van der Waals surface area (Å²) in [5, 5.41) is 0.454. The van der Waals surface area contributed by atoms with Gasteiger partial charge in [0.25, 0.3) is 0 Å². The van der Waals surface area contributed by atoms with Crippen LogP contribution in [0.2, 0.25) is 5.02 Å². The number of aryl methyl sites for hydroxylation is 1. The van der Waals surface area contributed by atoms with Gasteiger partial charge in [-0.05, 0) is 36.2 Å². The molecular formula is C16H15ClO3S. The molecular weight excluding hydrogens is 308 g/mol. The number of hydrogen-bond acceptors (Lipinski definition) is 3. The summed E-state index contributed by atoms with van der Waals surface area (Å²) in [6, 6.07) is 12.8. The summed E-state index contributed by atoms with van der Waals surface area (Å²) < 4.78 is 24.4. The van der Waals surface area contributed by atoms with Crippen molar-refractivity contribution in [1.29, 1.82) is 0 Å². The molecule has 2 rings (SSSR count). The van der Waals surface area contributed by atoms with Crippen molar-refractivity contribution in [2.45, 2.75) is 18.2 Å². The molecule has 0 aromatic heterocycles. The molecule has 0 bridgehead atoms. The van der Waals surface area contributed by atoms with Gasteiger partial charge in [-0.15, -0.1) is 0 Å². The Balaban J connectivity index is 2.19. The van der Waals surface area contributed by atoms with Crippen molar-refractivity contribution >= 4 is 27.2 Å². The van der Waals surface area contributed by atoms with Gasteiger partial charge in [-0.3, -0.25) is 4.79 Å². The standard InChI is InChI=1S/C16H15ClO3S/c1-2-12-3-5-13(6-4-12)16(18)11-21(19,20)15-9-7-14(17)8-10-15/h3-10H,2,11H2,1H3. The highest BCUT2D eigenvalue weighted by Gasteiger charge is 2.20. The van der Waals surface area contributed by atoms with Crippen LogP contribution < -0.4 is 0 Å². The summed E-state index contributed by atoms with van der Waals surface area (Å²) in [6.07, 6.45) is 0.873. The van der Waals surface area contributed by atoms with Gasteiger partial charge in [-0.25, -0.2) is 8.42 Å². The Hall–Kier alpha value is -1.65. The van der Waals surface area contributed by atoms with Crippen LogP contribution in [0.25, 0.3) is 0 Å². The van der Waals surface area contributed by atoms with Crippen molar-refractivity contribution in [3.63, 3.8) is 0 Å². The molecule has 2 aromatic carbocycles. The number of hydrogen-bond donors (Lipinski definition) is 0. The van der Waals surface area contributed by atoms with Gasteiger partial charge in [0.05, 0.1) is 4.90 Å². The molecule has 0 heterocycles. The van der Waals surface area contributed by atoms with Crippen LogP contribution in [0.15, 0.2) is 53.4 Å². The first-order chi connectivity index (χ1) is 9.92. The Morgan fingerprint density at radius 1 is 1.00 bits per heavy atom. The lowest BCUT2D eigenvalue weighted by Crippen LogP contribution is -2.16. The van der Waals surface area contributed by atoms with E-state index in [1.165, 1.54) is 24.3 Å². The summed E-state index contributed by atoms with van der Waals surface area (Å²) in [6.45, 7) is 2.02. The highest BCUT2D eigenvalue weighted by atomic mass is 35.5. The summed E-state index contributed by atoms with van der Waals surface area (Å²) >= 11 is 5.73. The quantitative estimate of drug-likeness (QED) is 0.791. The van der Waals surface area contributed by atoms with E-state index in [2.05, 4.69) is 0 Å². The lowest BCUT2D eigenvalue weighted by atomic mass is 10.1. The van der Waals surface area contributed by atoms with E-state index in [4.69, 9.17) is 11.6 Å². The molecule has 0 spiro atoms. The zero-order chi connectivity index (χ0) is 15.5. The van der Waals surface area contributed by atoms with E-state index in [-0.39, 0.29) is 4.90 Å². The zero-order valence-electron chi connectivity index (χ0n) is 11.5. The van der Waals surface area contributed by atoms with E-state index in [1.54, 1.807) is 12.1 Å². The van der Waals surface area contributed by atoms with Crippen molar-refractivity contribution in [3.05, 3.63) is 64.7 Å². The summed E-state index contributed by atoms with van der Waals surface area (Å²) in [7, 11) is -3.65. The molecule has 0 saturated heterocycles. The number of benzene rings is 2. The first-order valence-electron chi connectivity index (χ1n) is 6.53. The van der Waals surface area contributed by atoms with Gasteiger partial charge < -0.3 is 0 Å². The Labute approximate surface area is 129 Å². The number of sulfone groups is 1. The lowest BCUT2D eigenvalue weighted by Gasteiger charge is -2.05. The van der Waals surface area contributed by atoms with Crippen LogP contribution in [0.3, 0.4) is 0 Å². The van der Waals surface area contributed by atoms with E-state index in [0.29, 0.717) is 10.6 Å². The lowest BCUT2D eigenvalue weighted by molar-refractivity contribution is 0.102. The van der Waals surface area contributed by atoms with Gasteiger partial charge in [0.15, 0.2) is 15.6 Å². The van der Waals surface area contributed by atoms with E-state index >= 15 is 0 Å². The second-order valence-corrected chi connectivity index (χ2v) is 7.11. The second kappa shape index (κ2) is 6.41. The molecule has 0 radical (unpaired) electrons. The average molecular weight is 323 g/mol. The van der Waals surface area contributed by atoms with Gasteiger partial charge in [0.1, 0.15) is 5.75 Å². The minimum atomic E-state index is -3.65. The van der Waals surface area contributed by atoms with E-state index in [9.17, 15) is 13.2 Å². The molecule has 21 heavy (non-hydrogen) atoms. The van der Waals surface area contributed by atoms with Gasteiger partial charge >= 0.3 is 0 Å². The predicted octanol–water partition coefficient (Wildman–Crippen LogP) is 3.56. The molecule has 0 atom stereocenters. The van der Waals surface area contributed by atoms with Crippen LogP contribution in [-0.2, 0) is 16.3 Å². The van der Waals surface area contributed by atoms with Crippen LogP contribution in [0, 0.1) is 0 Å². The number of ketones is 1. The van der Waals surface area contributed by atoms with Crippen LogP contribution in [-0.4, -0.2) is 20.0 Å². The molecule has 2 aromatic rings. The molecule has 0 aliphatic rings. The minimum absolute atomic E-state index is 0.102. The normalized spacial score (nSPS) is 11.3. The molecule has 0 fully saturated rings. The Morgan fingerprint density at radius 2 is 1.57 bits per heavy atom. The zero-order valence-corrected chi connectivity index (χ0v) is 13.1. The highest BCUT2D eigenvalue weighted by Crippen LogP contribution is 2.17. The minimum Gasteiger partial charge on any atom is -0.293 e. The average Bonchev–Trinajstić information content (AvgIpc) is 2.47. The van der Waals surface area contributed by atoms with Crippen LogP contribution in [0.1, 0.15) is 22.8 Å². The van der Waals surface area contributed by atoms with E-state index in [0.717, 1.165) is 12.0 Å². The molecule has 0 unspecified atom stereocenters. The number of carbonyl (C=O) groups excluding carboxylic acids is 1. The number of carbonyl (C=O) groups is 1. The molecule has 0 aliphatic carbocycles. The van der Waals surface area contributed by atoms with Crippen LogP contribution in [0.4, 0.5) is 0 Å². The topological polar surface area (TPSA) is 51.2 Å². The Bertz CT molecular complexity index is 732. The first-order valence-corrected chi connectivity index (χ1v) is 8.56.